The third-order valence-corrected chi connectivity index (χ3v) is 8.23. The number of benzene rings is 1. The standard InChI is InChI=1S/C20H23BrN2O5S2/c1-13-9-14(2)11-23(10-13)18(24)12-28-20(25)15-3-5-16(6-4-15)22-30(26,27)19-8-7-17(21)29-19/h3-8,13-14,22H,9-12H2,1-2H3. The lowest BCUT2D eigenvalue weighted by atomic mass is 9.92. The molecule has 7 nitrogen and oxygen atoms in total. The van der Waals surface area contributed by atoms with E-state index in [-0.39, 0.29) is 22.3 Å². The average Bonchev–Trinajstić information content (AvgIpc) is 3.13. The molecule has 2 atom stereocenters. The van der Waals surface area contributed by atoms with Crippen LogP contribution in [0, 0.1) is 11.8 Å². The molecule has 1 amide bonds. The molecule has 162 valence electrons. The van der Waals surface area contributed by atoms with Gasteiger partial charge >= 0.3 is 5.97 Å². The molecular weight excluding hydrogens is 492 g/mol. The summed E-state index contributed by atoms with van der Waals surface area (Å²) in [5.74, 6) is 0.0336. The Hall–Kier alpha value is -1.91. The fourth-order valence-electron chi connectivity index (χ4n) is 3.49. The van der Waals surface area contributed by atoms with E-state index in [1.165, 1.54) is 30.3 Å². The number of carbonyl (C=O) groups excluding carboxylic acids is 2. The summed E-state index contributed by atoms with van der Waals surface area (Å²) in [6.07, 6.45) is 1.09. The molecule has 1 aliphatic rings. The van der Waals surface area contributed by atoms with Gasteiger partial charge in [-0.05, 0) is 70.6 Å². The molecule has 1 aromatic heterocycles. The highest BCUT2D eigenvalue weighted by molar-refractivity contribution is 9.11. The predicted octanol–water partition coefficient (Wildman–Crippen LogP) is 3.97. The lowest BCUT2D eigenvalue weighted by Gasteiger charge is -2.34. The molecular formula is C20H23BrN2O5S2. The second-order valence-corrected chi connectivity index (χ2v) is 11.9. The van der Waals surface area contributed by atoms with E-state index in [2.05, 4.69) is 34.5 Å². The lowest BCUT2D eigenvalue weighted by Crippen LogP contribution is -2.44. The molecule has 0 bridgehead atoms. The normalized spacial score (nSPS) is 19.4. The Morgan fingerprint density at radius 2 is 1.77 bits per heavy atom. The van der Waals surface area contributed by atoms with Gasteiger partial charge in [0.1, 0.15) is 4.21 Å². The van der Waals surface area contributed by atoms with Gasteiger partial charge in [0.15, 0.2) is 6.61 Å². The van der Waals surface area contributed by atoms with Crippen molar-refractivity contribution in [3.05, 3.63) is 45.7 Å². The number of carbonyl (C=O) groups is 2. The molecule has 0 saturated carbocycles. The maximum Gasteiger partial charge on any atom is 0.338 e. The molecule has 0 radical (unpaired) electrons. The molecule has 1 saturated heterocycles. The Morgan fingerprint density at radius 3 is 2.33 bits per heavy atom. The second kappa shape index (κ2) is 9.49. The number of piperidine rings is 1. The van der Waals surface area contributed by atoms with Crippen molar-refractivity contribution in [3.63, 3.8) is 0 Å². The molecule has 1 aromatic carbocycles. The molecule has 2 aromatic rings. The average molecular weight is 515 g/mol. The van der Waals surface area contributed by atoms with Crippen molar-refractivity contribution in [1.82, 2.24) is 4.90 Å². The first-order valence-electron chi connectivity index (χ1n) is 9.47. The third kappa shape index (κ3) is 5.83. The zero-order valence-corrected chi connectivity index (χ0v) is 19.8. The summed E-state index contributed by atoms with van der Waals surface area (Å²) >= 11 is 4.34. The van der Waals surface area contributed by atoms with E-state index in [0.29, 0.717) is 34.4 Å². The molecule has 3 rings (SSSR count). The Kier molecular flexibility index (Phi) is 7.20. The second-order valence-electron chi connectivity index (χ2n) is 7.56. The SMILES string of the molecule is CC1CC(C)CN(C(=O)COC(=O)c2ccc(NS(=O)(=O)c3ccc(Br)s3)cc2)C1. The van der Waals surface area contributed by atoms with Gasteiger partial charge in [-0.15, -0.1) is 11.3 Å². The van der Waals surface area contributed by atoms with Crippen molar-refractivity contribution in [2.24, 2.45) is 11.8 Å². The smallest absolute Gasteiger partial charge is 0.338 e. The van der Waals surface area contributed by atoms with Crippen LogP contribution in [0.5, 0.6) is 0 Å². The number of nitrogens with one attached hydrogen (secondary N) is 1. The number of hydrogen-bond acceptors (Lipinski definition) is 6. The van der Waals surface area contributed by atoms with Crippen LogP contribution in [0.3, 0.4) is 0 Å². The number of anilines is 1. The van der Waals surface area contributed by atoms with E-state index in [4.69, 9.17) is 4.74 Å². The zero-order chi connectivity index (χ0) is 21.9. The van der Waals surface area contributed by atoms with E-state index in [0.717, 1.165) is 17.8 Å². The van der Waals surface area contributed by atoms with Gasteiger partial charge in [-0.25, -0.2) is 13.2 Å². The van der Waals surface area contributed by atoms with Gasteiger partial charge < -0.3 is 9.64 Å². The van der Waals surface area contributed by atoms with Crippen LogP contribution in [0.25, 0.3) is 0 Å². The van der Waals surface area contributed by atoms with Crippen LogP contribution in [0.15, 0.2) is 44.4 Å². The summed E-state index contributed by atoms with van der Waals surface area (Å²) in [5, 5.41) is 0. The molecule has 1 aliphatic heterocycles. The van der Waals surface area contributed by atoms with Crippen molar-refractivity contribution in [1.29, 1.82) is 0 Å². The number of sulfonamides is 1. The predicted molar refractivity (Wildman–Crippen MR) is 119 cm³/mol. The first kappa shape index (κ1) is 22.8. The van der Waals surface area contributed by atoms with Gasteiger partial charge in [0.2, 0.25) is 0 Å². The monoisotopic (exact) mass is 514 g/mol. The molecule has 0 aliphatic carbocycles. The molecule has 30 heavy (non-hydrogen) atoms. The van der Waals surface area contributed by atoms with Crippen molar-refractivity contribution in [2.75, 3.05) is 24.4 Å². The number of ether oxygens (including phenoxy) is 1. The Balaban J connectivity index is 1.55. The molecule has 10 heteroatoms. The van der Waals surface area contributed by atoms with Crippen LogP contribution < -0.4 is 4.72 Å². The maximum atomic E-state index is 12.4. The van der Waals surface area contributed by atoms with Crippen LogP contribution in [0.2, 0.25) is 0 Å². The fraction of sp³-hybridized carbons (Fsp3) is 0.400. The van der Waals surface area contributed by atoms with E-state index >= 15 is 0 Å². The first-order valence-corrected chi connectivity index (χ1v) is 12.6. The quantitative estimate of drug-likeness (QED) is 0.588. The minimum atomic E-state index is -3.70. The summed E-state index contributed by atoms with van der Waals surface area (Å²) in [6.45, 7) is 5.26. The van der Waals surface area contributed by atoms with Crippen molar-refractivity contribution >= 4 is 54.9 Å². The van der Waals surface area contributed by atoms with Gasteiger partial charge in [-0.2, -0.15) is 0 Å². The number of amides is 1. The Morgan fingerprint density at radius 1 is 1.13 bits per heavy atom. The minimum Gasteiger partial charge on any atom is -0.452 e. The number of nitrogens with zero attached hydrogens (tertiary/aromatic N) is 1. The number of esters is 1. The number of halogens is 1. The van der Waals surface area contributed by atoms with Crippen LogP contribution in [-0.2, 0) is 19.6 Å². The van der Waals surface area contributed by atoms with Crippen molar-refractivity contribution in [2.45, 2.75) is 24.5 Å². The lowest BCUT2D eigenvalue weighted by molar-refractivity contribution is -0.137. The fourth-order valence-corrected chi connectivity index (χ4v) is 6.56. The van der Waals surface area contributed by atoms with Crippen molar-refractivity contribution in [3.8, 4) is 0 Å². The van der Waals surface area contributed by atoms with Gasteiger partial charge in [-0.3, -0.25) is 9.52 Å². The molecule has 2 heterocycles. The van der Waals surface area contributed by atoms with E-state index < -0.39 is 16.0 Å². The van der Waals surface area contributed by atoms with Crippen LogP contribution in [0.1, 0.15) is 30.6 Å². The minimum absolute atomic E-state index is 0.178. The molecule has 1 N–H and O–H groups in total. The topological polar surface area (TPSA) is 92.8 Å². The van der Waals surface area contributed by atoms with E-state index in [1.54, 1.807) is 11.0 Å². The van der Waals surface area contributed by atoms with Gasteiger partial charge in [0, 0.05) is 18.8 Å². The number of thiophene rings is 1. The van der Waals surface area contributed by atoms with Gasteiger partial charge in [-0.1, -0.05) is 13.8 Å². The molecule has 0 spiro atoms. The highest BCUT2D eigenvalue weighted by Gasteiger charge is 2.26. The zero-order valence-electron chi connectivity index (χ0n) is 16.6. The van der Waals surface area contributed by atoms with E-state index in [1.807, 2.05) is 0 Å². The van der Waals surface area contributed by atoms with Crippen LogP contribution >= 0.6 is 27.3 Å². The van der Waals surface area contributed by atoms with Gasteiger partial charge in [0.05, 0.1) is 9.35 Å². The summed E-state index contributed by atoms with van der Waals surface area (Å²) in [6, 6.07) is 9.04. The number of likely N-dealkylation sites (tertiary alicyclic amines) is 1. The molecule has 1 fully saturated rings. The van der Waals surface area contributed by atoms with Gasteiger partial charge in [0.25, 0.3) is 15.9 Å². The summed E-state index contributed by atoms with van der Waals surface area (Å²) < 4.78 is 33.2. The van der Waals surface area contributed by atoms with Crippen molar-refractivity contribution < 1.29 is 22.7 Å². The number of hydrogen-bond donors (Lipinski definition) is 1. The number of rotatable bonds is 6. The third-order valence-electron chi connectivity index (χ3n) is 4.73. The summed E-state index contributed by atoms with van der Waals surface area (Å²) in [5.41, 5.74) is 0.563. The Labute approximate surface area is 188 Å². The highest BCUT2D eigenvalue weighted by atomic mass is 79.9. The summed E-state index contributed by atoms with van der Waals surface area (Å²) in [4.78, 5) is 26.3. The van der Waals surface area contributed by atoms with Crippen LogP contribution in [0.4, 0.5) is 5.69 Å². The summed E-state index contributed by atoms with van der Waals surface area (Å²) in [7, 11) is -3.70. The Bertz CT molecular complexity index is 1010. The van der Waals surface area contributed by atoms with E-state index in [9.17, 15) is 18.0 Å². The maximum absolute atomic E-state index is 12.4. The van der Waals surface area contributed by atoms with Crippen LogP contribution in [-0.4, -0.2) is 44.9 Å². The largest absolute Gasteiger partial charge is 0.452 e. The molecule has 2 unspecified atom stereocenters. The highest BCUT2D eigenvalue weighted by Crippen LogP contribution is 2.27. The first-order chi connectivity index (χ1) is 14.1.